The van der Waals surface area contributed by atoms with E-state index in [2.05, 4.69) is 17.1 Å². The summed E-state index contributed by atoms with van der Waals surface area (Å²) in [6, 6.07) is 1.84. The summed E-state index contributed by atoms with van der Waals surface area (Å²) >= 11 is 0. The first-order valence-corrected chi connectivity index (χ1v) is 12.6. The highest BCUT2D eigenvalue weighted by Crippen LogP contribution is 2.62. The van der Waals surface area contributed by atoms with Gasteiger partial charge in [0.2, 0.25) is 0 Å². The lowest BCUT2D eigenvalue weighted by Gasteiger charge is -2.61. The molecule has 0 aliphatic carbocycles. The molecular formula is C26H33F3N2O6. The Labute approximate surface area is 214 Å². The van der Waals surface area contributed by atoms with Crippen LogP contribution in [-0.2, 0) is 35.5 Å². The van der Waals surface area contributed by atoms with Crippen LogP contribution in [0.4, 0.5) is 18.9 Å². The van der Waals surface area contributed by atoms with Crippen molar-refractivity contribution in [2.45, 2.75) is 49.7 Å². The van der Waals surface area contributed by atoms with Gasteiger partial charge in [-0.25, -0.2) is 4.79 Å². The van der Waals surface area contributed by atoms with Crippen molar-refractivity contribution in [3.8, 4) is 5.75 Å². The SMILES string of the molecule is CC[C@@H]1CN2CC[C@@]34OCCO[C@@]3(Nc3cc(C(F)(F)F)cc(OC)c34)[C@@H]2C[C@@H]1/C(=C\OC)C(=O)OC. The summed E-state index contributed by atoms with van der Waals surface area (Å²) in [7, 11) is 4.19. The van der Waals surface area contributed by atoms with Gasteiger partial charge in [0.05, 0.1) is 63.5 Å². The summed E-state index contributed by atoms with van der Waals surface area (Å²) in [5.41, 5.74) is -1.72. The number of carbonyl (C=O) groups excluding carboxylic acids is 1. The maximum Gasteiger partial charge on any atom is 0.416 e. The third-order valence-electron chi connectivity index (χ3n) is 8.50. The molecule has 204 valence electrons. The Hall–Kier alpha value is -2.50. The van der Waals surface area contributed by atoms with E-state index in [0.717, 1.165) is 18.6 Å². The van der Waals surface area contributed by atoms with Crippen molar-refractivity contribution < 1.29 is 41.7 Å². The standard InChI is InChI=1S/C26H33F3N2O6/c1-5-15-13-31-7-6-24-22-19(10-16(26(27,28)29)11-20(22)34-3)30-25(24,37-9-8-36-24)21(31)12-17(15)18(14-33-2)23(32)35-4/h10-11,14-15,17,21,30H,5-9,12-13H2,1-4H3/b18-14+/t15-,17+,21+,24+,25+/m1/s1. The minimum atomic E-state index is -4.54. The fraction of sp³-hybridized carbons (Fsp3) is 0.654. The van der Waals surface area contributed by atoms with Gasteiger partial charge in [-0.1, -0.05) is 13.3 Å². The average molecular weight is 527 g/mol. The topological polar surface area (TPSA) is 78.5 Å². The van der Waals surface area contributed by atoms with Gasteiger partial charge in [-0.3, -0.25) is 4.90 Å². The minimum absolute atomic E-state index is 0.117. The number of anilines is 1. The molecule has 1 aromatic carbocycles. The van der Waals surface area contributed by atoms with E-state index < -0.39 is 29.0 Å². The molecule has 4 aliphatic rings. The zero-order valence-corrected chi connectivity index (χ0v) is 21.4. The molecule has 0 spiro atoms. The van der Waals surface area contributed by atoms with Crippen LogP contribution in [0.2, 0.25) is 0 Å². The number of fused-ring (bicyclic) bond motifs is 2. The normalized spacial score (nSPS) is 33.4. The second-order valence-corrected chi connectivity index (χ2v) is 10.1. The van der Waals surface area contributed by atoms with Crippen LogP contribution in [-0.4, -0.2) is 70.3 Å². The number of benzene rings is 1. The maximum atomic E-state index is 13.8. The van der Waals surface area contributed by atoms with Gasteiger partial charge < -0.3 is 29.0 Å². The Balaban J connectivity index is 1.63. The second kappa shape index (κ2) is 9.36. The summed E-state index contributed by atoms with van der Waals surface area (Å²) < 4.78 is 70.1. The molecule has 0 aromatic heterocycles. The Morgan fingerprint density at radius 2 is 2.00 bits per heavy atom. The van der Waals surface area contributed by atoms with Crippen LogP contribution in [0.15, 0.2) is 24.0 Å². The summed E-state index contributed by atoms with van der Waals surface area (Å²) in [6.45, 7) is 4.01. The third-order valence-corrected chi connectivity index (χ3v) is 8.50. The Morgan fingerprint density at radius 3 is 2.65 bits per heavy atom. The van der Waals surface area contributed by atoms with Gasteiger partial charge in [-0.05, 0) is 36.8 Å². The van der Waals surface area contributed by atoms with E-state index in [1.54, 1.807) is 0 Å². The lowest BCUT2D eigenvalue weighted by Crippen LogP contribution is -2.75. The zero-order chi connectivity index (χ0) is 26.6. The monoisotopic (exact) mass is 526 g/mol. The van der Waals surface area contributed by atoms with Crippen LogP contribution in [0, 0.1) is 11.8 Å². The van der Waals surface area contributed by atoms with Crippen LogP contribution in [0.5, 0.6) is 5.75 Å². The number of halogens is 3. The number of methoxy groups -OCH3 is 3. The third kappa shape index (κ3) is 3.80. The molecule has 0 bridgehead atoms. The Morgan fingerprint density at radius 1 is 1.24 bits per heavy atom. The van der Waals surface area contributed by atoms with Crippen molar-refractivity contribution in [3.63, 3.8) is 0 Å². The predicted octanol–water partition coefficient (Wildman–Crippen LogP) is 3.90. The second-order valence-electron chi connectivity index (χ2n) is 10.1. The molecule has 1 N–H and O–H groups in total. The van der Waals surface area contributed by atoms with Gasteiger partial charge in [0.15, 0.2) is 5.72 Å². The van der Waals surface area contributed by atoms with Crippen molar-refractivity contribution in [1.82, 2.24) is 4.90 Å². The average Bonchev–Trinajstić information content (AvgIpc) is 3.21. The van der Waals surface area contributed by atoms with E-state index in [1.165, 1.54) is 27.6 Å². The summed E-state index contributed by atoms with van der Waals surface area (Å²) in [5, 5.41) is 3.36. The number of nitrogens with one attached hydrogen (secondary N) is 1. The van der Waals surface area contributed by atoms with Crippen LogP contribution in [0.3, 0.4) is 0 Å². The highest BCUT2D eigenvalue weighted by molar-refractivity contribution is 5.88. The van der Waals surface area contributed by atoms with Crippen molar-refractivity contribution in [3.05, 3.63) is 35.1 Å². The predicted molar refractivity (Wildman–Crippen MR) is 127 cm³/mol. The quantitative estimate of drug-likeness (QED) is 0.352. The molecule has 37 heavy (non-hydrogen) atoms. The van der Waals surface area contributed by atoms with Gasteiger partial charge in [0, 0.05) is 18.8 Å². The summed E-state index contributed by atoms with van der Waals surface area (Å²) in [5.74, 6) is -0.391. The smallest absolute Gasteiger partial charge is 0.416 e. The lowest BCUT2D eigenvalue weighted by molar-refractivity contribution is -0.297. The van der Waals surface area contributed by atoms with E-state index in [0.29, 0.717) is 49.4 Å². The van der Waals surface area contributed by atoms with Crippen molar-refractivity contribution in [2.75, 3.05) is 52.9 Å². The first-order valence-electron chi connectivity index (χ1n) is 12.6. The molecule has 0 radical (unpaired) electrons. The molecule has 5 atom stereocenters. The molecule has 5 rings (SSSR count). The molecule has 4 heterocycles. The van der Waals surface area contributed by atoms with Gasteiger partial charge in [-0.15, -0.1) is 0 Å². The fourth-order valence-corrected chi connectivity index (χ4v) is 6.96. The van der Waals surface area contributed by atoms with Crippen molar-refractivity contribution in [2.24, 2.45) is 11.8 Å². The molecular weight excluding hydrogens is 493 g/mol. The van der Waals surface area contributed by atoms with Gasteiger partial charge >= 0.3 is 12.1 Å². The number of nitrogens with zero attached hydrogens (tertiary/aromatic N) is 1. The number of hydrogen-bond donors (Lipinski definition) is 1. The van der Waals surface area contributed by atoms with Crippen LogP contribution in [0.1, 0.15) is 37.3 Å². The number of esters is 1. The van der Waals surface area contributed by atoms with Crippen LogP contribution < -0.4 is 10.1 Å². The maximum absolute atomic E-state index is 13.8. The molecule has 1 aromatic rings. The van der Waals surface area contributed by atoms with E-state index in [1.807, 2.05) is 0 Å². The molecule has 0 amide bonds. The van der Waals surface area contributed by atoms with E-state index >= 15 is 0 Å². The Bertz CT molecular complexity index is 1090. The minimum Gasteiger partial charge on any atom is -0.504 e. The van der Waals surface area contributed by atoms with Gasteiger partial charge in [-0.2, -0.15) is 13.2 Å². The Kier molecular flexibility index (Phi) is 6.60. The van der Waals surface area contributed by atoms with Crippen LogP contribution in [0.25, 0.3) is 0 Å². The zero-order valence-electron chi connectivity index (χ0n) is 21.4. The highest BCUT2D eigenvalue weighted by atomic mass is 19.4. The molecule has 4 aliphatic heterocycles. The molecule has 0 saturated carbocycles. The lowest BCUT2D eigenvalue weighted by atomic mass is 9.67. The van der Waals surface area contributed by atoms with Crippen molar-refractivity contribution >= 4 is 11.7 Å². The molecule has 8 nitrogen and oxygen atoms in total. The largest absolute Gasteiger partial charge is 0.504 e. The van der Waals surface area contributed by atoms with E-state index in [9.17, 15) is 18.0 Å². The van der Waals surface area contributed by atoms with Crippen molar-refractivity contribution in [1.29, 1.82) is 0 Å². The number of alkyl halides is 3. The molecule has 3 fully saturated rings. The summed E-state index contributed by atoms with van der Waals surface area (Å²) in [6.07, 6.45) is -1.25. The molecule has 0 unspecified atom stereocenters. The number of piperidine rings is 2. The number of carbonyl (C=O) groups is 1. The van der Waals surface area contributed by atoms with Gasteiger partial charge in [0.1, 0.15) is 11.4 Å². The fourth-order valence-electron chi connectivity index (χ4n) is 6.96. The first-order chi connectivity index (χ1) is 17.7. The molecule has 3 saturated heterocycles. The highest BCUT2D eigenvalue weighted by Gasteiger charge is 2.70. The summed E-state index contributed by atoms with van der Waals surface area (Å²) in [4.78, 5) is 15.1. The number of hydrogen-bond acceptors (Lipinski definition) is 8. The van der Waals surface area contributed by atoms with E-state index in [4.69, 9.17) is 23.7 Å². The van der Waals surface area contributed by atoms with Gasteiger partial charge in [0.25, 0.3) is 0 Å². The number of rotatable bonds is 5. The number of ether oxygens (including phenoxy) is 5. The first kappa shape index (κ1) is 26.1. The van der Waals surface area contributed by atoms with E-state index in [-0.39, 0.29) is 30.2 Å². The van der Waals surface area contributed by atoms with Crippen LogP contribution >= 0.6 is 0 Å². The molecule has 11 heteroatoms.